The highest BCUT2D eigenvalue weighted by atomic mass is 127. The molecule has 114 valence electrons. The molecule has 0 spiro atoms. The Morgan fingerprint density at radius 1 is 1.00 bits per heavy atom. The van der Waals surface area contributed by atoms with E-state index in [0.717, 1.165) is 0 Å². The molecule has 3 aliphatic heterocycles. The zero-order valence-corrected chi connectivity index (χ0v) is 14.1. The summed E-state index contributed by atoms with van der Waals surface area (Å²) in [5, 5.41) is 0. The molecule has 0 aromatic heterocycles. The molecule has 3 saturated heterocycles. The highest BCUT2D eigenvalue weighted by Crippen LogP contribution is 2.41. The van der Waals surface area contributed by atoms with E-state index in [2.05, 4.69) is 0 Å². The van der Waals surface area contributed by atoms with Crippen LogP contribution < -0.4 is 0 Å². The molecule has 0 saturated carbocycles. The van der Waals surface area contributed by atoms with Gasteiger partial charge in [-0.2, -0.15) is 0 Å². The quantitative estimate of drug-likeness (QED) is 0.378. The molecular formula is C13H19IO6. The Kier molecular flexibility index (Phi) is 3.57. The molecule has 5 atom stereocenters. The van der Waals surface area contributed by atoms with E-state index in [1.807, 2.05) is 50.3 Å². The van der Waals surface area contributed by atoms with Gasteiger partial charge in [-0.05, 0) is 27.7 Å². The molecule has 6 nitrogen and oxygen atoms in total. The fourth-order valence-corrected chi connectivity index (χ4v) is 3.57. The Morgan fingerprint density at radius 2 is 1.65 bits per heavy atom. The second-order valence-electron chi connectivity index (χ2n) is 6.24. The van der Waals surface area contributed by atoms with Crippen molar-refractivity contribution in [1.82, 2.24) is 0 Å². The van der Waals surface area contributed by atoms with E-state index in [0.29, 0.717) is 6.61 Å². The molecular weight excluding hydrogens is 379 g/mol. The zero-order valence-electron chi connectivity index (χ0n) is 11.9. The molecule has 3 rings (SSSR count). The largest absolute Gasteiger partial charge is 0.456 e. The maximum absolute atomic E-state index is 12.0. The van der Waals surface area contributed by atoms with Crippen LogP contribution in [0.1, 0.15) is 27.7 Å². The van der Waals surface area contributed by atoms with Gasteiger partial charge in [-0.25, -0.2) is 0 Å². The SMILES string of the molecule is CC1(C)O[C@H]2[C@@H]([C@H]3COC(C)(C)O3)OC(=O)[C@H](I)[C@H]2O1. The predicted molar refractivity (Wildman–Crippen MR) is 76.4 cm³/mol. The Balaban J connectivity index is 1.82. The van der Waals surface area contributed by atoms with Gasteiger partial charge in [-0.3, -0.25) is 4.79 Å². The van der Waals surface area contributed by atoms with Crippen molar-refractivity contribution in [2.75, 3.05) is 6.61 Å². The summed E-state index contributed by atoms with van der Waals surface area (Å²) < 4.78 is 28.3. The third-order valence-corrected chi connectivity index (χ3v) is 4.87. The van der Waals surface area contributed by atoms with Gasteiger partial charge >= 0.3 is 5.97 Å². The van der Waals surface area contributed by atoms with Crippen molar-refractivity contribution in [3.63, 3.8) is 0 Å². The Labute approximate surface area is 131 Å². The molecule has 3 aliphatic rings. The summed E-state index contributed by atoms with van der Waals surface area (Å²) in [5.41, 5.74) is 0. The number of hydrogen-bond donors (Lipinski definition) is 0. The molecule has 20 heavy (non-hydrogen) atoms. The van der Waals surface area contributed by atoms with Gasteiger partial charge in [0.15, 0.2) is 17.7 Å². The smallest absolute Gasteiger partial charge is 0.322 e. The molecule has 3 heterocycles. The monoisotopic (exact) mass is 398 g/mol. The number of cyclic esters (lactones) is 1. The number of carbonyl (C=O) groups excluding carboxylic acids is 1. The van der Waals surface area contributed by atoms with Crippen LogP contribution in [0, 0.1) is 0 Å². The minimum atomic E-state index is -0.722. The maximum Gasteiger partial charge on any atom is 0.322 e. The van der Waals surface area contributed by atoms with Gasteiger partial charge in [-0.1, -0.05) is 22.6 Å². The number of halogens is 1. The summed E-state index contributed by atoms with van der Waals surface area (Å²) >= 11 is 2.05. The van der Waals surface area contributed by atoms with E-state index in [-0.39, 0.29) is 28.2 Å². The minimum absolute atomic E-state index is 0.286. The summed E-state index contributed by atoms with van der Waals surface area (Å²) in [5.74, 6) is -1.67. The summed E-state index contributed by atoms with van der Waals surface area (Å²) in [6, 6.07) is 0. The minimum Gasteiger partial charge on any atom is -0.456 e. The van der Waals surface area contributed by atoms with E-state index < -0.39 is 17.7 Å². The maximum atomic E-state index is 12.0. The number of ether oxygens (including phenoxy) is 5. The lowest BCUT2D eigenvalue weighted by atomic mass is 9.98. The summed E-state index contributed by atoms with van der Waals surface area (Å²) in [4.78, 5) is 12.0. The lowest BCUT2D eigenvalue weighted by molar-refractivity contribution is -0.197. The van der Waals surface area contributed by atoms with E-state index in [1.54, 1.807) is 0 Å². The summed E-state index contributed by atoms with van der Waals surface area (Å²) in [6.45, 7) is 7.74. The fraction of sp³-hybridized carbons (Fsp3) is 0.923. The molecule has 0 unspecified atom stereocenters. The molecule has 0 radical (unpaired) electrons. The highest BCUT2D eigenvalue weighted by molar-refractivity contribution is 14.1. The Morgan fingerprint density at radius 3 is 2.25 bits per heavy atom. The number of carbonyl (C=O) groups is 1. The average Bonchev–Trinajstić information content (AvgIpc) is 2.83. The molecule has 0 aliphatic carbocycles. The third kappa shape index (κ3) is 2.58. The predicted octanol–water partition coefficient (Wildman–Crippen LogP) is 1.39. The van der Waals surface area contributed by atoms with Gasteiger partial charge in [0.05, 0.1) is 6.61 Å². The Hall–Kier alpha value is 0.0400. The fourth-order valence-electron chi connectivity index (χ4n) is 2.86. The molecule has 0 bridgehead atoms. The van der Waals surface area contributed by atoms with Crippen molar-refractivity contribution in [2.45, 2.75) is 67.6 Å². The third-order valence-electron chi connectivity index (χ3n) is 3.65. The Bertz CT molecular complexity index is 423. The van der Waals surface area contributed by atoms with Crippen LogP contribution in [-0.4, -0.2) is 52.5 Å². The second kappa shape index (κ2) is 4.77. The van der Waals surface area contributed by atoms with Crippen molar-refractivity contribution in [1.29, 1.82) is 0 Å². The van der Waals surface area contributed by atoms with Crippen molar-refractivity contribution in [3.8, 4) is 0 Å². The van der Waals surface area contributed by atoms with Gasteiger partial charge in [0.25, 0.3) is 0 Å². The van der Waals surface area contributed by atoms with Gasteiger partial charge in [0.1, 0.15) is 22.2 Å². The van der Waals surface area contributed by atoms with Gasteiger partial charge < -0.3 is 23.7 Å². The summed E-state index contributed by atoms with van der Waals surface area (Å²) in [6.07, 6.45) is -1.47. The van der Waals surface area contributed by atoms with Crippen molar-refractivity contribution in [3.05, 3.63) is 0 Å². The van der Waals surface area contributed by atoms with E-state index in [1.165, 1.54) is 0 Å². The lowest BCUT2D eigenvalue weighted by Crippen LogP contribution is -2.56. The molecule has 0 aromatic rings. The van der Waals surface area contributed by atoms with Gasteiger partial charge in [-0.15, -0.1) is 0 Å². The summed E-state index contributed by atoms with van der Waals surface area (Å²) in [7, 11) is 0. The first-order chi connectivity index (χ1) is 9.19. The number of hydrogen-bond acceptors (Lipinski definition) is 6. The van der Waals surface area contributed by atoms with Crippen LogP contribution in [0.3, 0.4) is 0 Å². The topological polar surface area (TPSA) is 63.2 Å². The van der Waals surface area contributed by atoms with Gasteiger partial charge in [0, 0.05) is 0 Å². The molecule has 0 aromatic carbocycles. The second-order valence-corrected chi connectivity index (χ2v) is 7.58. The molecule has 0 N–H and O–H groups in total. The first-order valence-corrected chi connectivity index (χ1v) is 7.95. The van der Waals surface area contributed by atoms with E-state index >= 15 is 0 Å². The first-order valence-electron chi connectivity index (χ1n) is 6.70. The highest BCUT2D eigenvalue weighted by Gasteiger charge is 2.58. The van der Waals surface area contributed by atoms with Crippen LogP contribution in [0.2, 0.25) is 0 Å². The number of esters is 1. The number of rotatable bonds is 1. The van der Waals surface area contributed by atoms with Crippen LogP contribution in [0.4, 0.5) is 0 Å². The lowest BCUT2D eigenvalue weighted by Gasteiger charge is -2.36. The van der Waals surface area contributed by atoms with Gasteiger partial charge in [0.2, 0.25) is 0 Å². The first kappa shape index (κ1) is 15.0. The van der Waals surface area contributed by atoms with Crippen LogP contribution in [0.15, 0.2) is 0 Å². The number of fused-ring (bicyclic) bond motifs is 1. The molecule has 0 amide bonds. The van der Waals surface area contributed by atoms with E-state index in [4.69, 9.17) is 23.7 Å². The van der Waals surface area contributed by atoms with Crippen LogP contribution in [0.25, 0.3) is 0 Å². The average molecular weight is 398 g/mol. The molecule has 3 fully saturated rings. The van der Waals surface area contributed by atoms with Crippen molar-refractivity contribution < 1.29 is 28.5 Å². The van der Waals surface area contributed by atoms with Crippen molar-refractivity contribution >= 4 is 28.6 Å². The van der Waals surface area contributed by atoms with Crippen molar-refractivity contribution in [2.24, 2.45) is 0 Å². The number of alkyl halides is 1. The zero-order chi connectivity index (χ0) is 14.7. The normalized spacial score (nSPS) is 46.0. The van der Waals surface area contributed by atoms with Crippen LogP contribution in [0.5, 0.6) is 0 Å². The van der Waals surface area contributed by atoms with Crippen LogP contribution >= 0.6 is 22.6 Å². The van der Waals surface area contributed by atoms with E-state index in [9.17, 15) is 4.79 Å². The standard InChI is InChI=1S/C13H19IO6/c1-12(2)16-5-6(18-12)8-10-9(7(14)11(15)17-8)19-13(3,4)20-10/h6-10H,5H2,1-4H3/t6-,7-,8-,9-,10+/m1/s1. The molecule has 7 heteroatoms. The van der Waals surface area contributed by atoms with Crippen LogP contribution in [-0.2, 0) is 28.5 Å².